The molecule has 0 aliphatic carbocycles. The van der Waals surface area contributed by atoms with Gasteiger partial charge in [0.15, 0.2) is 0 Å². The number of thioether (sulfide) groups is 1. The number of hydrogen-bond donors (Lipinski definition) is 3. The fourth-order valence-corrected chi connectivity index (χ4v) is 6.91. The Hall–Kier alpha value is -1.96. The van der Waals surface area contributed by atoms with Gasteiger partial charge in [-0.1, -0.05) is 13.8 Å². The summed E-state index contributed by atoms with van der Waals surface area (Å²) in [6.45, 7) is 3.86. The first-order valence-corrected chi connectivity index (χ1v) is 13.9. The first-order chi connectivity index (χ1) is 15.7. The number of amides is 2. The molecule has 11 nitrogen and oxygen atoms in total. The zero-order valence-corrected chi connectivity index (χ0v) is 21.5. The van der Waals surface area contributed by atoms with Gasteiger partial charge in [0.05, 0.1) is 30.8 Å². The lowest BCUT2D eigenvalue weighted by atomic mass is 9.73. The smallest absolute Gasteiger partial charge is 0.353 e. The van der Waals surface area contributed by atoms with Gasteiger partial charge >= 0.3 is 5.97 Å². The van der Waals surface area contributed by atoms with Gasteiger partial charge in [0.2, 0.25) is 21.8 Å². The second-order valence-electron chi connectivity index (χ2n) is 9.51. The number of rotatable bonds is 10. The Bertz CT molecular complexity index is 1030. The maximum absolute atomic E-state index is 13.0. The van der Waals surface area contributed by atoms with Crippen LogP contribution in [0.5, 0.6) is 0 Å². The van der Waals surface area contributed by atoms with Crippen molar-refractivity contribution in [3.8, 4) is 0 Å². The fraction of sp³-hybridized carbons (Fsp3) is 0.714. The predicted molar refractivity (Wildman–Crippen MR) is 126 cm³/mol. The Labute approximate surface area is 203 Å². The standard InChI is InChI=1S/C21H32N4O7S2/c1-10(6-12(26)8-23-34(5,31)32)15-16-11(2)18(17(21(29)30)25(16)20(15)28)33-13-7-14(22-9-13)19(27)24(3)4/h10-11,13-16,22-23H,6-9H2,1-5H3,(H,29,30)/t10-,11+,13-,14-,15+,16+/m0/s1. The van der Waals surface area contributed by atoms with E-state index in [2.05, 4.69) is 10.0 Å². The van der Waals surface area contributed by atoms with Crippen LogP contribution in [-0.2, 0) is 29.2 Å². The average molecular weight is 517 g/mol. The van der Waals surface area contributed by atoms with Gasteiger partial charge in [0, 0.05) is 43.1 Å². The maximum Gasteiger partial charge on any atom is 0.353 e. The number of nitrogens with one attached hydrogen (secondary N) is 2. The van der Waals surface area contributed by atoms with Gasteiger partial charge in [0.1, 0.15) is 11.5 Å². The summed E-state index contributed by atoms with van der Waals surface area (Å²) in [6.07, 6.45) is 1.54. The molecule has 0 radical (unpaired) electrons. The number of fused-ring (bicyclic) bond motifs is 1. The van der Waals surface area contributed by atoms with Gasteiger partial charge in [-0.05, 0) is 12.3 Å². The predicted octanol–water partition coefficient (Wildman–Crippen LogP) is -0.544. The molecule has 3 aliphatic heterocycles. The van der Waals surface area contributed by atoms with Crippen molar-refractivity contribution in [3.63, 3.8) is 0 Å². The van der Waals surface area contributed by atoms with E-state index in [0.717, 1.165) is 6.26 Å². The minimum Gasteiger partial charge on any atom is -0.477 e. The van der Waals surface area contributed by atoms with Gasteiger partial charge in [-0.15, -0.1) is 11.8 Å². The van der Waals surface area contributed by atoms with E-state index in [0.29, 0.717) is 17.9 Å². The molecule has 0 spiro atoms. The Morgan fingerprint density at radius 1 is 1.32 bits per heavy atom. The SMILES string of the molecule is C[C@@H](CC(=O)CNS(C)(=O)=O)[C@H]1C(=O)N2C(C(=O)O)=C(S[C@@H]3CN[C@H](C(=O)N(C)C)C3)[C@H](C)[C@H]12. The van der Waals surface area contributed by atoms with Crippen LogP contribution in [0.15, 0.2) is 10.6 Å². The van der Waals surface area contributed by atoms with Gasteiger partial charge in [-0.2, -0.15) is 0 Å². The molecule has 0 aromatic carbocycles. The quantitative estimate of drug-likeness (QED) is 0.325. The number of carbonyl (C=O) groups is 4. The van der Waals surface area contributed by atoms with E-state index >= 15 is 0 Å². The Morgan fingerprint density at radius 3 is 2.53 bits per heavy atom. The van der Waals surface area contributed by atoms with Gasteiger partial charge in [-0.3, -0.25) is 14.4 Å². The van der Waals surface area contributed by atoms with Crippen molar-refractivity contribution in [1.29, 1.82) is 0 Å². The summed E-state index contributed by atoms with van der Waals surface area (Å²) in [7, 11) is -0.122. The van der Waals surface area contributed by atoms with Crippen LogP contribution in [0.1, 0.15) is 26.7 Å². The highest BCUT2D eigenvalue weighted by Crippen LogP contribution is 2.53. The fourth-order valence-electron chi connectivity index (χ4n) is 5.01. The summed E-state index contributed by atoms with van der Waals surface area (Å²) in [6, 6.07) is -0.684. The Balaban J connectivity index is 1.70. The van der Waals surface area contributed by atoms with E-state index in [-0.39, 0.29) is 65.4 Å². The molecule has 3 rings (SSSR count). The molecule has 3 heterocycles. The molecule has 0 aromatic rings. The van der Waals surface area contributed by atoms with Crippen molar-refractivity contribution in [2.24, 2.45) is 17.8 Å². The van der Waals surface area contributed by atoms with E-state index in [4.69, 9.17) is 0 Å². The molecule has 3 aliphatic rings. The lowest BCUT2D eigenvalue weighted by Crippen LogP contribution is -2.62. The molecule has 0 bridgehead atoms. The van der Waals surface area contributed by atoms with Crippen LogP contribution in [0.4, 0.5) is 0 Å². The number of aliphatic carboxylic acids is 1. The molecular weight excluding hydrogens is 484 g/mol. The number of carbonyl (C=O) groups excluding carboxylic acids is 3. The van der Waals surface area contributed by atoms with E-state index in [1.54, 1.807) is 21.0 Å². The van der Waals surface area contributed by atoms with Crippen LogP contribution in [0, 0.1) is 17.8 Å². The number of carboxylic acids is 1. The van der Waals surface area contributed by atoms with Crippen LogP contribution < -0.4 is 10.0 Å². The minimum absolute atomic E-state index is 0.00554. The van der Waals surface area contributed by atoms with E-state index in [1.807, 2.05) is 6.92 Å². The zero-order chi connectivity index (χ0) is 25.5. The summed E-state index contributed by atoms with van der Waals surface area (Å²) in [5.74, 6) is -2.96. The molecule has 0 saturated carbocycles. The van der Waals surface area contributed by atoms with Crippen LogP contribution in [0.2, 0.25) is 0 Å². The van der Waals surface area contributed by atoms with Crippen LogP contribution in [0.25, 0.3) is 0 Å². The van der Waals surface area contributed by atoms with Crippen LogP contribution in [0.3, 0.4) is 0 Å². The number of Topliss-reactive ketones (excluding diaryl/α,β-unsaturated/α-hetero) is 1. The molecule has 2 saturated heterocycles. The highest BCUT2D eigenvalue weighted by molar-refractivity contribution is 8.03. The van der Waals surface area contributed by atoms with E-state index in [1.165, 1.54) is 21.6 Å². The Kier molecular flexibility index (Phi) is 7.80. The summed E-state index contributed by atoms with van der Waals surface area (Å²) < 4.78 is 24.6. The second-order valence-corrected chi connectivity index (χ2v) is 12.7. The minimum atomic E-state index is -3.50. The average Bonchev–Trinajstić information content (AvgIpc) is 3.27. The van der Waals surface area contributed by atoms with Crippen LogP contribution in [-0.4, -0.2) is 97.7 Å². The van der Waals surface area contributed by atoms with Crippen molar-refractivity contribution in [3.05, 3.63) is 10.6 Å². The molecule has 0 aromatic heterocycles. The largest absolute Gasteiger partial charge is 0.477 e. The first kappa shape index (κ1) is 26.6. The normalized spacial score (nSPS) is 29.6. The van der Waals surface area contributed by atoms with E-state index < -0.39 is 21.9 Å². The number of ketones is 1. The molecule has 2 amide bonds. The lowest BCUT2D eigenvalue weighted by molar-refractivity contribution is -0.160. The molecule has 2 fully saturated rings. The lowest BCUT2D eigenvalue weighted by Gasteiger charge is -2.47. The summed E-state index contributed by atoms with van der Waals surface area (Å²) in [5, 5.41) is 13.1. The number of likely N-dealkylation sites (N-methyl/N-ethyl adjacent to an activating group) is 1. The van der Waals surface area contributed by atoms with Crippen molar-refractivity contribution in [2.45, 2.75) is 44.0 Å². The molecule has 190 valence electrons. The zero-order valence-electron chi connectivity index (χ0n) is 19.9. The third-order valence-electron chi connectivity index (χ3n) is 6.61. The molecular formula is C21H32N4O7S2. The third-order valence-corrected chi connectivity index (χ3v) is 8.79. The summed E-state index contributed by atoms with van der Waals surface area (Å²) in [4.78, 5) is 53.0. The van der Waals surface area contributed by atoms with Crippen LogP contribution >= 0.6 is 11.8 Å². The van der Waals surface area contributed by atoms with E-state index in [9.17, 15) is 32.7 Å². The summed E-state index contributed by atoms with van der Waals surface area (Å²) >= 11 is 1.41. The second kappa shape index (κ2) is 9.96. The van der Waals surface area contributed by atoms with Gasteiger partial charge < -0.3 is 20.2 Å². The topological polar surface area (TPSA) is 153 Å². The van der Waals surface area contributed by atoms with Gasteiger partial charge in [0.25, 0.3) is 0 Å². The van der Waals surface area contributed by atoms with Crippen molar-refractivity contribution < 1.29 is 32.7 Å². The third kappa shape index (κ3) is 5.31. The molecule has 34 heavy (non-hydrogen) atoms. The first-order valence-electron chi connectivity index (χ1n) is 11.1. The monoisotopic (exact) mass is 516 g/mol. The number of carboxylic acid groups (broad SMARTS) is 1. The molecule has 0 unspecified atom stereocenters. The van der Waals surface area contributed by atoms with Crippen molar-refractivity contribution in [1.82, 2.24) is 19.8 Å². The number of sulfonamides is 1. The van der Waals surface area contributed by atoms with Crippen molar-refractivity contribution in [2.75, 3.05) is 33.4 Å². The number of nitrogens with zero attached hydrogens (tertiary/aromatic N) is 2. The number of β-lactam (4-membered cyclic amide) rings is 1. The molecule has 13 heteroatoms. The Morgan fingerprint density at radius 2 is 1.97 bits per heavy atom. The van der Waals surface area contributed by atoms with Gasteiger partial charge in [-0.25, -0.2) is 17.9 Å². The molecule has 6 atom stereocenters. The number of hydrogen-bond acceptors (Lipinski definition) is 8. The highest BCUT2D eigenvalue weighted by Gasteiger charge is 2.60. The summed E-state index contributed by atoms with van der Waals surface area (Å²) in [5.41, 5.74) is -0.0107. The van der Waals surface area contributed by atoms with Crippen molar-refractivity contribution >= 4 is 45.4 Å². The molecule has 3 N–H and O–H groups in total. The highest BCUT2D eigenvalue weighted by atomic mass is 32.2. The maximum atomic E-state index is 13.0.